The van der Waals surface area contributed by atoms with E-state index in [0.29, 0.717) is 55.2 Å². The molecule has 6 nitrogen and oxygen atoms in total. The molecule has 4 unspecified atom stereocenters. The van der Waals surface area contributed by atoms with Crippen LogP contribution in [-0.2, 0) is 19.0 Å². The molecule has 3 aliphatic rings. The fourth-order valence-electron chi connectivity index (χ4n) is 4.86. The second-order valence-electron chi connectivity index (χ2n) is 8.23. The number of hydroxylamine groups is 2. The molecule has 3 rings (SSSR count). The Labute approximate surface area is 157 Å². The van der Waals surface area contributed by atoms with Gasteiger partial charge in [-0.1, -0.05) is 12.8 Å². The van der Waals surface area contributed by atoms with Gasteiger partial charge in [-0.2, -0.15) is 0 Å². The summed E-state index contributed by atoms with van der Waals surface area (Å²) >= 11 is 0. The maximum atomic E-state index is 11.3. The van der Waals surface area contributed by atoms with Gasteiger partial charge in [0, 0.05) is 39.2 Å². The van der Waals surface area contributed by atoms with Crippen LogP contribution in [0.15, 0.2) is 0 Å². The van der Waals surface area contributed by atoms with Gasteiger partial charge in [-0.3, -0.25) is 10.0 Å². The highest BCUT2D eigenvalue weighted by Gasteiger charge is 2.48. The van der Waals surface area contributed by atoms with E-state index < -0.39 is 0 Å². The van der Waals surface area contributed by atoms with E-state index in [-0.39, 0.29) is 5.91 Å². The fraction of sp³-hybridized carbons (Fsp3) is 0.950. The molecule has 0 aromatic rings. The Hall–Kier alpha value is -0.690. The number of hydrogen-bond donors (Lipinski definition) is 1. The average molecular weight is 370 g/mol. The lowest BCUT2D eigenvalue weighted by atomic mass is 9.78. The van der Waals surface area contributed by atoms with E-state index in [2.05, 4.69) is 0 Å². The van der Waals surface area contributed by atoms with Crippen molar-refractivity contribution in [1.29, 1.82) is 0 Å². The van der Waals surface area contributed by atoms with Crippen LogP contribution in [0.3, 0.4) is 0 Å². The molecular weight excluding hydrogens is 334 g/mol. The second kappa shape index (κ2) is 10.0. The molecule has 1 amide bonds. The Kier molecular flexibility index (Phi) is 7.73. The molecule has 2 saturated heterocycles. The normalized spacial score (nSPS) is 31.0. The lowest BCUT2D eigenvalue weighted by Gasteiger charge is -2.28. The summed E-state index contributed by atoms with van der Waals surface area (Å²) in [6.45, 7) is 3.02. The van der Waals surface area contributed by atoms with Crippen molar-refractivity contribution < 1.29 is 24.2 Å². The Morgan fingerprint density at radius 3 is 2.50 bits per heavy atom. The van der Waals surface area contributed by atoms with Crippen LogP contribution in [0.5, 0.6) is 0 Å². The van der Waals surface area contributed by atoms with E-state index in [1.807, 2.05) is 0 Å². The maximum absolute atomic E-state index is 11.3. The Morgan fingerprint density at radius 1 is 1.04 bits per heavy atom. The highest BCUT2D eigenvalue weighted by atomic mass is 16.5. The number of rotatable bonds is 11. The minimum atomic E-state index is -0.269. The first kappa shape index (κ1) is 20.1. The minimum Gasteiger partial charge on any atom is -0.381 e. The molecule has 0 radical (unpaired) electrons. The third kappa shape index (κ3) is 5.41. The zero-order chi connectivity index (χ0) is 18.4. The maximum Gasteiger partial charge on any atom is 0.245 e. The summed E-state index contributed by atoms with van der Waals surface area (Å²) < 4.78 is 18.0. The molecule has 0 aromatic carbocycles. The van der Waals surface area contributed by atoms with Gasteiger partial charge < -0.3 is 14.2 Å². The Balaban J connectivity index is 1.31. The van der Waals surface area contributed by atoms with E-state index in [4.69, 9.17) is 19.4 Å². The highest BCUT2D eigenvalue weighted by Crippen LogP contribution is 2.45. The van der Waals surface area contributed by atoms with Crippen molar-refractivity contribution >= 4 is 5.91 Å². The lowest BCUT2D eigenvalue weighted by Crippen LogP contribution is -2.32. The van der Waals surface area contributed by atoms with Crippen LogP contribution in [-0.4, -0.2) is 61.9 Å². The molecule has 0 aromatic heterocycles. The molecule has 1 N–H and O–H groups in total. The molecule has 2 heterocycles. The van der Waals surface area contributed by atoms with Crippen molar-refractivity contribution in [1.82, 2.24) is 5.06 Å². The van der Waals surface area contributed by atoms with Gasteiger partial charge in [0.05, 0.1) is 18.8 Å². The summed E-state index contributed by atoms with van der Waals surface area (Å²) in [4.78, 5) is 11.3. The number of hydrogen-bond acceptors (Lipinski definition) is 5. The number of nitrogens with zero attached hydrogens (tertiary/aromatic N) is 1. The molecule has 3 fully saturated rings. The summed E-state index contributed by atoms with van der Waals surface area (Å²) in [7, 11) is 1.35. The predicted octanol–water partition coefficient (Wildman–Crippen LogP) is 3.02. The summed E-state index contributed by atoms with van der Waals surface area (Å²) in [5, 5.41) is 9.66. The first-order valence-corrected chi connectivity index (χ1v) is 10.4. The van der Waals surface area contributed by atoms with Crippen LogP contribution in [0, 0.1) is 17.8 Å². The Morgan fingerprint density at radius 2 is 1.77 bits per heavy atom. The molecule has 1 saturated carbocycles. The third-order valence-corrected chi connectivity index (χ3v) is 6.36. The fourth-order valence-corrected chi connectivity index (χ4v) is 4.86. The standard InChI is InChI=1S/C20H35NO5/c1-21(23)20(22)7-4-11-24-12-10-16-17(19-9-8-18(16)26-19)14-25-13-15-5-2-3-6-15/h15-19,23H,2-14H2,1H3. The van der Waals surface area contributed by atoms with Gasteiger partial charge in [0.2, 0.25) is 5.91 Å². The van der Waals surface area contributed by atoms with Gasteiger partial charge in [0.15, 0.2) is 0 Å². The van der Waals surface area contributed by atoms with Crippen LogP contribution in [0.4, 0.5) is 0 Å². The number of carbonyl (C=O) groups is 1. The van der Waals surface area contributed by atoms with E-state index in [9.17, 15) is 4.79 Å². The SMILES string of the molecule is CN(O)C(=O)CCCOCCC1C2CCC(O2)C1COCC1CCCC1. The zero-order valence-corrected chi connectivity index (χ0v) is 16.1. The quantitative estimate of drug-likeness (QED) is 0.344. The molecule has 4 atom stereocenters. The van der Waals surface area contributed by atoms with Crippen molar-refractivity contribution in [2.24, 2.45) is 17.8 Å². The van der Waals surface area contributed by atoms with Crippen LogP contribution >= 0.6 is 0 Å². The first-order chi connectivity index (χ1) is 12.6. The molecule has 0 spiro atoms. The average Bonchev–Trinajstić information content (AvgIpc) is 3.36. The van der Waals surface area contributed by atoms with Gasteiger partial charge in [-0.15, -0.1) is 0 Å². The van der Waals surface area contributed by atoms with Crippen LogP contribution in [0.2, 0.25) is 0 Å². The molecule has 150 valence electrons. The third-order valence-electron chi connectivity index (χ3n) is 6.36. The molecular formula is C20H35NO5. The molecule has 2 bridgehead atoms. The molecule has 6 heteroatoms. The highest BCUT2D eigenvalue weighted by molar-refractivity contribution is 5.74. The Bertz CT molecular complexity index is 438. The number of fused-ring (bicyclic) bond motifs is 2. The minimum absolute atomic E-state index is 0.269. The zero-order valence-electron chi connectivity index (χ0n) is 16.1. The molecule has 1 aliphatic carbocycles. The van der Waals surface area contributed by atoms with Crippen molar-refractivity contribution in [2.75, 3.05) is 33.5 Å². The summed E-state index contributed by atoms with van der Waals surface area (Å²) in [5.41, 5.74) is 0. The van der Waals surface area contributed by atoms with Gasteiger partial charge in [0.25, 0.3) is 0 Å². The van der Waals surface area contributed by atoms with Gasteiger partial charge in [0.1, 0.15) is 0 Å². The van der Waals surface area contributed by atoms with Gasteiger partial charge >= 0.3 is 0 Å². The monoisotopic (exact) mass is 369 g/mol. The molecule has 2 aliphatic heterocycles. The number of carbonyl (C=O) groups excluding carboxylic acids is 1. The van der Waals surface area contributed by atoms with E-state index >= 15 is 0 Å². The topological polar surface area (TPSA) is 68.2 Å². The van der Waals surface area contributed by atoms with Crippen LogP contribution < -0.4 is 0 Å². The van der Waals surface area contributed by atoms with Crippen LogP contribution in [0.25, 0.3) is 0 Å². The van der Waals surface area contributed by atoms with Crippen molar-refractivity contribution in [3.8, 4) is 0 Å². The largest absolute Gasteiger partial charge is 0.381 e. The predicted molar refractivity (Wildman–Crippen MR) is 96.9 cm³/mol. The summed E-state index contributed by atoms with van der Waals surface area (Å²) in [6, 6.07) is 0. The van der Waals surface area contributed by atoms with E-state index in [1.54, 1.807) is 0 Å². The summed E-state index contributed by atoms with van der Waals surface area (Å²) in [5.74, 6) is 1.57. The number of ether oxygens (including phenoxy) is 3. The van der Waals surface area contributed by atoms with E-state index in [0.717, 1.165) is 25.6 Å². The van der Waals surface area contributed by atoms with Crippen molar-refractivity contribution in [3.63, 3.8) is 0 Å². The van der Waals surface area contributed by atoms with Gasteiger partial charge in [-0.05, 0) is 50.4 Å². The lowest BCUT2D eigenvalue weighted by molar-refractivity contribution is -0.159. The van der Waals surface area contributed by atoms with Gasteiger partial charge in [-0.25, -0.2) is 5.06 Å². The van der Waals surface area contributed by atoms with Crippen LogP contribution in [0.1, 0.15) is 57.8 Å². The summed E-state index contributed by atoms with van der Waals surface area (Å²) in [6.07, 6.45) is 10.5. The van der Waals surface area contributed by atoms with Crippen molar-refractivity contribution in [3.05, 3.63) is 0 Å². The first-order valence-electron chi connectivity index (χ1n) is 10.4. The smallest absolute Gasteiger partial charge is 0.245 e. The van der Waals surface area contributed by atoms with Crippen molar-refractivity contribution in [2.45, 2.75) is 70.0 Å². The number of amides is 1. The second-order valence-corrected chi connectivity index (χ2v) is 8.23. The molecule has 26 heavy (non-hydrogen) atoms. The van der Waals surface area contributed by atoms with E-state index in [1.165, 1.54) is 45.6 Å².